The number of aryl methyl sites for hydroxylation is 2. The lowest BCUT2D eigenvalue weighted by atomic mass is 9.95. The van der Waals surface area contributed by atoms with Gasteiger partial charge in [-0.25, -0.2) is 4.79 Å². The first-order chi connectivity index (χ1) is 11.5. The van der Waals surface area contributed by atoms with Crippen LogP contribution >= 0.6 is 0 Å². The van der Waals surface area contributed by atoms with Gasteiger partial charge in [0.25, 0.3) is 5.91 Å². The highest BCUT2D eigenvalue weighted by molar-refractivity contribution is 5.96. The van der Waals surface area contributed by atoms with E-state index in [1.807, 2.05) is 19.9 Å². The number of carbonyl (C=O) groups excluding carboxylic acids is 1. The van der Waals surface area contributed by atoms with Crippen molar-refractivity contribution in [3.8, 4) is 0 Å². The number of hydrogen-bond acceptors (Lipinski definition) is 4. The Kier molecular flexibility index (Phi) is 4.38. The van der Waals surface area contributed by atoms with E-state index in [0.29, 0.717) is 5.56 Å². The largest absolute Gasteiger partial charge is 0.479 e. The second-order valence-electron chi connectivity index (χ2n) is 6.17. The molecule has 0 saturated heterocycles. The van der Waals surface area contributed by atoms with Gasteiger partial charge in [-0.15, -0.1) is 0 Å². The predicted molar refractivity (Wildman–Crippen MR) is 86.9 cm³/mol. The van der Waals surface area contributed by atoms with Gasteiger partial charge in [-0.05, 0) is 49.8 Å². The molecule has 126 valence electrons. The molecule has 0 spiro atoms. The number of rotatable bonds is 4. The van der Waals surface area contributed by atoms with Crippen molar-refractivity contribution in [1.82, 2.24) is 10.5 Å². The molecule has 1 aromatic heterocycles. The molecule has 1 unspecified atom stereocenters. The fourth-order valence-electron chi connectivity index (χ4n) is 3.12. The highest BCUT2D eigenvalue weighted by Gasteiger charge is 2.29. The summed E-state index contributed by atoms with van der Waals surface area (Å²) < 4.78 is 5.24. The lowest BCUT2D eigenvalue weighted by Crippen LogP contribution is -2.35. The Bertz CT molecular complexity index is 794. The number of amides is 1. The maximum absolute atomic E-state index is 12.6. The number of carboxylic acid groups (broad SMARTS) is 1. The van der Waals surface area contributed by atoms with Crippen molar-refractivity contribution in [3.63, 3.8) is 0 Å². The zero-order valence-corrected chi connectivity index (χ0v) is 13.8. The van der Waals surface area contributed by atoms with Crippen molar-refractivity contribution >= 4 is 11.9 Å². The summed E-state index contributed by atoms with van der Waals surface area (Å²) in [6.45, 7) is 3.76. The molecule has 2 N–H and O–H groups in total. The molecule has 1 aliphatic rings. The number of aliphatic carboxylic acids is 1. The zero-order chi connectivity index (χ0) is 17.3. The minimum absolute atomic E-state index is 0.209. The van der Waals surface area contributed by atoms with E-state index in [9.17, 15) is 14.7 Å². The Balaban J connectivity index is 1.89. The molecule has 2 aromatic rings. The van der Waals surface area contributed by atoms with Gasteiger partial charge in [-0.3, -0.25) is 4.79 Å². The molecule has 1 amide bonds. The van der Waals surface area contributed by atoms with Gasteiger partial charge < -0.3 is 14.9 Å². The summed E-state index contributed by atoms with van der Waals surface area (Å²) >= 11 is 0. The predicted octanol–water partition coefficient (Wildman–Crippen LogP) is 2.73. The summed E-state index contributed by atoms with van der Waals surface area (Å²) in [5.41, 5.74) is 3.43. The topological polar surface area (TPSA) is 92.4 Å². The average Bonchev–Trinajstić information content (AvgIpc) is 2.99. The zero-order valence-electron chi connectivity index (χ0n) is 13.8. The molecule has 1 aromatic carbocycles. The molecule has 0 fully saturated rings. The third kappa shape index (κ3) is 2.91. The highest BCUT2D eigenvalue weighted by atomic mass is 16.5. The van der Waals surface area contributed by atoms with Crippen molar-refractivity contribution in [2.24, 2.45) is 0 Å². The number of hydrogen-bond donors (Lipinski definition) is 2. The second-order valence-corrected chi connectivity index (χ2v) is 6.17. The van der Waals surface area contributed by atoms with E-state index in [1.54, 1.807) is 12.1 Å². The van der Waals surface area contributed by atoms with E-state index >= 15 is 0 Å². The summed E-state index contributed by atoms with van der Waals surface area (Å²) in [5, 5.41) is 16.0. The summed E-state index contributed by atoms with van der Waals surface area (Å²) in [6.07, 6.45) is 3.51. The van der Waals surface area contributed by atoms with Crippen LogP contribution in [0.3, 0.4) is 0 Å². The van der Waals surface area contributed by atoms with Crippen LogP contribution < -0.4 is 5.32 Å². The Hall–Kier alpha value is -2.63. The molecule has 6 nitrogen and oxygen atoms in total. The third-order valence-corrected chi connectivity index (χ3v) is 4.65. The first-order valence-corrected chi connectivity index (χ1v) is 8.06. The fourth-order valence-corrected chi connectivity index (χ4v) is 3.12. The van der Waals surface area contributed by atoms with Crippen LogP contribution in [0.2, 0.25) is 0 Å². The van der Waals surface area contributed by atoms with Crippen LogP contribution in [-0.4, -0.2) is 22.1 Å². The quantitative estimate of drug-likeness (QED) is 0.900. The first kappa shape index (κ1) is 16.2. The molecule has 1 heterocycles. The summed E-state index contributed by atoms with van der Waals surface area (Å²) in [5.74, 6) is -0.866. The Morgan fingerprint density at radius 1 is 1.25 bits per heavy atom. The number of carbonyl (C=O) groups is 2. The van der Waals surface area contributed by atoms with Gasteiger partial charge >= 0.3 is 5.97 Å². The van der Waals surface area contributed by atoms with Crippen LogP contribution in [0.15, 0.2) is 22.7 Å². The maximum Gasteiger partial charge on any atom is 0.330 e. The number of fused-ring (bicyclic) bond motifs is 1. The van der Waals surface area contributed by atoms with Gasteiger partial charge in [0.05, 0.1) is 0 Å². The third-order valence-electron chi connectivity index (χ3n) is 4.65. The van der Waals surface area contributed by atoms with Gasteiger partial charge in [0.2, 0.25) is 0 Å². The molecule has 0 aliphatic heterocycles. The molecule has 3 rings (SSSR count). The van der Waals surface area contributed by atoms with Crippen LogP contribution in [-0.2, 0) is 17.6 Å². The number of aromatic nitrogens is 1. The summed E-state index contributed by atoms with van der Waals surface area (Å²) in [6, 6.07) is 4.30. The monoisotopic (exact) mass is 328 g/mol. The smallest absolute Gasteiger partial charge is 0.330 e. The normalized spacial score (nSPS) is 14.8. The average molecular weight is 328 g/mol. The van der Waals surface area contributed by atoms with Crippen molar-refractivity contribution in [2.45, 2.75) is 45.6 Å². The van der Waals surface area contributed by atoms with E-state index < -0.39 is 17.9 Å². The molecule has 1 aliphatic carbocycles. The van der Waals surface area contributed by atoms with E-state index in [2.05, 4.69) is 10.5 Å². The Labute approximate surface area is 139 Å². The van der Waals surface area contributed by atoms with E-state index in [4.69, 9.17) is 4.52 Å². The molecule has 0 saturated carbocycles. The molecular formula is C18H20N2O4. The van der Waals surface area contributed by atoms with Crippen LogP contribution in [0, 0.1) is 13.8 Å². The van der Waals surface area contributed by atoms with Crippen molar-refractivity contribution in [1.29, 1.82) is 0 Å². The Morgan fingerprint density at radius 3 is 2.75 bits per heavy atom. The molecule has 6 heteroatoms. The Morgan fingerprint density at radius 2 is 2.00 bits per heavy atom. The fraction of sp³-hybridized carbons (Fsp3) is 0.389. The van der Waals surface area contributed by atoms with Crippen molar-refractivity contribution in [2.75, 3.05) is 0 Å². The van der Waals surface area contributed by atoms with E-state index in [0.717, 1.165) is 48.1 Å². The minimum Gasteiger partial charge on any atom is -0.479 e. The first-order valence-electron chi connectivity index (χ1n) is 8.06. The van der Waals surface area contributed by atoms with Crippen LogP contribution in [0.1, 0.15) is 57.4 Å². The van der Waals surface area contributed by atoms with Crippen LogP contribution in [0.25, 0.3) is 0 Å². The highest BCUT2D eigenvalue weighted by Crippen LogP contribution is 2.26. The lowest BCUT2D eigenvalue weighted by Gasteiger charge is -2.18. The van der Waals surface area contributed by atoms with Crippen LogP contribution in [0.5, 0.6) is 0 Å². The molecule has 0 bridgehead atoms. The molecule has 0 radical (unpaired) electrons. The van der Waals surface area contributed by atoms with E-state index in [1.165, 1.54) is 0 Å². The summed E-state index contributed by atoms with van der Waals surface area (Å²) in [4.78, 5) is 24.3. The van der Waals surface area contributed by atoms with Gasteiger partial charge in [0.15, 0.2) is 11.7 Å². The van der Waals surface area contributed by atoms with Gasteiger partial charge in [-0.1, -0.05) is 23.4 Å². The van der Waals surface area contributed by atoms with Crippen LogP contribution in [0.4, 0.5) is 0 Å². The van der Waals surface area contributed by atoms with Gasteiger partial charge in [-0.2, -0.15) is 0 Å². The van der Waals surface area contributed by atoms with Gasteiger partial charge in [0.1, 0.15) is 5.76 Å². The molecule has 24 heavy (non-hydrogen) atoms. The van der Waals surface area contributed by atoms with Gasteiger partial charge in [0, 0.05) is 12.0 Å². The number of nitrogens with zero attached hydrogens (tertiary/aromatic N) is 1. The number of carboxylic acids is 1. The SMILES string of the molecule is Cc1cccc(C(NC(=O)c2noc3c2CCCC3)C(=O)O)c1C. The number of nitrogens with one attached hydrogen (secondary N) is 1. The van der Waals surface area contributed by atoms with Crippen molar-refractivity contribution < 1.29 is 19.2 Å². The summed E-state index contributed by atoms with van der Waals surface area (Å²) in [7, 11) is 0. The van der Waals surface area contributed by atoms with E-state index in [-0.39, 0.29) is 5.69 Å². The molecule has 1 atom stereocenters. The van der Waals surface area contributed by atoms with Crippen molar-refractivity contribution in [3.05, 3.63) is 51.9 Å². The molecular weight excluding hydrogens is 308 g/mol. The lowest BCUT2D eigenvalue weighted by molar-refractivity contribution is -0.139. The maximum atomic E-state index is 12.6. The second kappa shape index (κ2) is 6.47. The minimum atomic E-state index is -1.12. The number of benzene rings is 1. The standard InChI is InChI=1S/C18H20N2O4/c1-10-6-5-8-12(11(10)2)16(18(22)23)19-17(21)15-13-7-3-4-9-14(13)24-20-15/h5-6,8,16H,3-4,7,9H2,1-2H3,(H,19,21)(H,22,23).